The quantitative estimate of drug-likeness (QED) is 0.881. The van der Waals surface area contributed by atoms with E-state index in [1.165, 1.54) is 30.6 Å². The largest absolute Gasteiger partial charge is 0.320 e. The van der Waals surface area contributed by atoms with Gasteiger partial charge in [0, 0.05) is 11.9 Å². The van der Waals surface area contributed by atoms with Crippen molar-refractivity contribution >= 4 is 47.2 Å². The number of nitrogens with two attached hydrogens (primary N) is 1. The van der Waals surface area contributed by atoms with E-state index in [0.29, 0.717) is 5.13 Å². The van der Waals surface area contributed by atoms with Gasteiger partial charge >= 0.3 is 0 Å². The molecule has 0 aliphatic carbocycles. The Bertz CT molecular complexity index is 408. The maximum absolute atomic E-state index is 11.4. The first kappa shape index (κ1) is 19.6. The van der Waals surface area contributed by atoms with Crippen molar-refractivity contribution in [3.63, 3.8) is 0 Å². The fraction of sp³-hybridized carbons (Fsp3) is 0.667. The number of anilines is 1. The second-order valence-corrected chi connectivity index (χ2v) is 5.62. The van der Waals surface area contributed by atoms with E-state index < -0.39 is 6.04 Å². The molecule has 1 aliphatic heterocycles. The van der Waals surface area contributed by atoms with Crippen LogP contribution in [0.15, 0.2) is 5.38 Å². The number of nitrogens with one attached hydrogen (secondary N) is 1. The highest BCUT2D eigenvalue weighted by atomic mass is 35.5. The minimum atomic E-state index is -0.501. The van der Waals surface area contributed by atoms with Crippen molar-refractivity contribution in [2.24, 2.45) is 5.73 Å². The number of hydrogen-bond acceptors (Lipinski definition) is 5. The van der Waals surface area contributed by atoms with Gasteiger partial charge in [-0.15, -0.1) is 36.2 Å². The molecule has 0 saturated carbocycles. The zero-order chi connectivity index (χ0) is 13.0. The molecule has 8 heteroatoms. The van der Waals surface area contributed by atoms with Crippen LogP contribution in [0.4, 0.5) is 5.13 Å². The molecule has 1 amide bonds. The van der Waals surface area contributed by atoms with Crippen LogP contribution in [-0.4, -0.2) is 34.9 Å². The van der Waals surface area contributed by atoms with Crippen LogP contribution >= 0.6 is 36.2 Å². The first-order valence-corrected chi connectivity index (χ1v) is 7.26. The number of halogens is 2. The van der Waals surface area contributed by atoms with Crippen LogP contribution in [0.1, 0.15) is 31.9 Å². The summed E-state index contributed by atoms with van der Waals surface area (Å²) in [4.78, 5) is 18.3. The molecule has 1 saturated heterocycles. The van der Waals surface area contributed by atoms with E-state index in [1.54, 1.807) is 6.92 Å². The summed E-state index contributed by atoms with van der Waals surface area (Å²) in [5.41, 5.74) is 6.53. The summed E-state index contributed by atoms with van der Waals surface area (Å²) >= 11 is 1.46. The molecular weight excluding hydrogens is 319 g/mol. The van der Waals surface area contributed by atoms with E-state index in [4.69, 9.17) is 5.73 Å². The second kappa shape index (κ2) is 9.52. The third-order valence-corrected chi connectivity index (χ3v) is 3.84. The van der Waals surface area contributed by atoms with Gasteiger partial charge in [-0.2, -0.15) is 0 Å². The third-order valence-electron chi connectivity index (χ3n) is 3.03. The van der Waals surface area contributed by atoms with Crippen molar-refractivity contribution in [2.45, 2.75) is 38.8 Å². The van der Waals surface area contributed by atoms with Gasteiger partial charge in [-0.25, -0.2) is 4.98 Å². The van der Waals surface area contributed by atoms with Crippen molar-refractivity contribution < 1.29 is 4.79 Å². The van der Waals surface area contributed by atoms with Crippen molar-refractivity contribution in [3.8, 4) is 0 Å². The first-order chi connectivity index (χ1) is 8.65. The molecule has 3 N–H and O–H groups in total. The predicted molar refractivity (Wildman–Crippen MR) is 88.0 cm³/mol. The molecule has 0 aromatic carbocycles. The predicted octanol–water partition coefficient (Wildman–Crippen LogP) is 2.26. The van der Waals surface area contributed by atoms with Gasteiger partial charge in [-0.05, 0) is 32.9 Å². The Morgan fingerprint density at radius 2 is 2.10 bits per heavy atom. The standard InChI is InChI=1S/C12H20N4OS.2ClH/c1-9(13)11(17)15-12-14-10(8-18-12)7-16-5-3-2-4-6-16;;/h8-9H,2-7,13H2,1H3,(H,14,15,17);2*1H/t9-;;/m0../s1. The average Bonchev–Trinajstić information content (AvgIpc) is 2.77. The highest BCUT2D eigenvalue weighted by Gasteiger charge is 2.14. The van der Waals surface area contributed by atoms with Crippen LogP contribution < -0.4 is 11.1 Å². The highest BCUT2D eigenvalue weighted by Crippen LogP contribution is 2.18. The molecule has 1 fully saturated rings. The third kappa shape index (κ3) is 5.93. The molecule has 0 bridgehead atoms. The van der Waals surface area contributed by atoms with Gasteiger partial charge < -0.3 is 11.1 Å². The SMILES string of the molecule is C[C@H](N)C(=O)Nc1nc(CN2CCCCC2)cs1.Cl.Cl. The molecule has 0 radical (unpaired) electrons. The minimum absolute atomic E-state index is 0. The van der Waals surface area contributed by atoms with Crippen LogP contribution in [0.5, 0.6) is 0 Å². The van der Waals surface area contributed by atoms with Crippen LogP contribution in [0.25, 0.3) is 0 Å². The van der Waals surface area contributed by atoms with Gasteiger partial charge in [-0.3, -0.25) is 9.69 Å². The smallest absolute Gasteiger partial charge is 0.242 e. The van der Waals surface area contributed by atoms with Crippen molar-refractivity contribution in [1.29, 1.82) is 0 Å². The van der Waals surface area contributed by atoms with Crippen LogP contribution in [0.2, 0.25) is 0 Å². The lowest BCUT2D eigenvalue weighted by atomic mass is 10.1. The van der Waals surface area contributed by atoms with Gasteiger partial charge in [0.25, 0.3) is 0 Å². The van der Waals surface area contributed by atoms with Crippen molar-refractivity contribution in [2.75, 3.05) is 18.4 Å². The highest BCUT2D eigenvalue weighted by molar-refractivity contribution is 7.13. The number of piperidine rings is 1. The Hall–Kier alpha value is -0.400. The number of likely N-dealkylation sites (tertiary alicyclic amines) is 1. The maximum atomic E-state index is 11.4. The number of carbonyl (C=O) groups is 1. The monoisotopic (exact) mass is 340 g/mol. The molecule has 1 aromatic heterocycles. The van der Waals surface area contributed by atoms with Crippen LogP contribution in [0, 0.1) is 0 Å². The summed E-state index contributed by atoms with van der Waals surface area (Å²) in [5, 5.41) is 5.37. The summed E-state index contributed by atoms with van der Waals surface area (Å²) in [6, 6.07) is -0.501. The number of thiazole rings is 1. The Balaban J connectivity index is 0.00000180. The van der Waals surface area contributed by atoms with Gasteiger partial charge in [0.2, 0.25) is 5.91 Å². The zero-order valence-electron chi connectivity index (χ0n) is 11.5. The number of nitrogens with zero attached hydrogens (tertiary/aromatic N) is 2. The fourth-order valence-corrected chi connectivity index (χ4v) is 2.71. The summed E-state index contributed by atoms with van der Waals surface area (Å²) in [7, 11) is 0. The summed E-state index contributed by atoms with van der Waals surface area (Å²) in [6.07, 6.45) is 3.89. The topological polar surface area (TPSA) is 71.2 Å². The number of rotatable bonds is 4. The molecule has 5 nitrogen and oxygen atoms in total. The number of hydrogen-bond donors (Lipinski definition) is 2. The number of aromatic nitrogens is 1. The zero-order valence-corrected chi connectivity index (χ0v) is 14.0. The normalized spacial score (nSPS) is 16.7. The Kier molecular flexibility index (Phi) is 9.33. The molecule has 0 spiro atoms. The molecule has 1 atom stereocenters. The van der Waals surface area contributed by atoms with E-state index >= 15 is 0 Å². The molecule has 1 aliphatic rings. The average molecular weight is 341 g/mol. The van der Waals surface area contributed by atoms with Gasteiger partial charge in [0.1, 0.15) is 0 Å². The second-order valence-electron chi connectivity index (χ2n) is 4.76. The first-order valence-electron chi connectivity index (χ1n) is 6.38. The molecule has 1 aromatic rings. The van der Waals surface area contributed by atoms with E-state index in [0.717, 1.165) is 25.3 Å². The number of amides is 1. The molecule has 116 valence electrons. The number of carbonyl (C=O) groups excluding carboxylic acids is 1. The van der Waals surface area contributed by atoms with E-state index in [-0.39, 0.29) is 30.7 Å². The Labute approximate surface area is 136 Å². The Morgan fingerprint density at radius 3 is 2.70 bits per heavy atom. The van der Waals surface area contributed by atoms with Crippen LogP contribution in [-0.2, 0) is 11.3 Å². The van der Waals surface area contributed by atoms with Crippen molar-refractivity contribution in [3.05, 3.63) is 11.1 Å². The lowest BCUT2D eigenvalue weighted by Crippen LogP contribution is -2.32. The van der Waals surface area contributed by atoms with E-state index in [2.05, 4.69) is 15.2 Å². The van der Waals surface area contributed by atoms with E-state index in [9.17, 15) is 4.79 Å². The van der Waals surface area contributed by atoms with Gasteiger partial charge in [0.05, 0.1) is 11.7 Å². The molecular formula is C12H22Cl2N4OS. The lowest BCUT2D eigenvalue weighted by Gasteiger charge is -2.25. The summed E-state index contributed by atoms with van der Waals surface area (Å²) < 4.78 is 0. The van der Waals surface area contributed by atoms with Crippen LogP contribution in [0.3, 0.4) is 0 Å². The van der Waals surface area contributed by atoms with Gasteiger partial charge in [-0.1, -0.05) is 6.42 Å². The van der Waals surface area contributed by atoms with Gasteiger partial charge in [0.15, 0.2) is 5.13 Å². The molecule has 20 heavy (non-hydrogen) atoms. The maximum Gasteiger partial charge on any atom is 0.242 e. The molecule has 2 heterocycles. The summed E-state index contributed by atoms with van der Waals surface area (Å²) in [5.74, 6) is -0.186. The fourth-order valence-electron chi connectivity index (χ4n) is 2.00. The molecule has 2 rings (SSSR count). The lowest BCUT2D eigenvalue weighted by molar-refractivity contribution is -0.117. The summed E-state index contributed by atoms with van der Waals surface area (Å²) in [6.45, 7) is 4.85. The molecule has 0 unspecified atom stereocenters. The Morgan fingerprint density at radius 1 is 1.45 bits per heavy atom. The minimum Gasteiger partial charge on any atom is -0.320 e. The van der Waals surface area contributed by atoms with Crippen molar-refractivity contribution in [1.82, 2.24) is 9.88 Å². The van der Waals surface area contributed by atoms with E-state index in [1.807, 2.05) is 5.38 Å².